The predicted octanol–water partition coefficient (Wildman–Crippen LogP) is 4.26. The Labute approximate surface area is 135 Å². The second kappa shape index (κ2) is 6.02. The number of benzene rings is 2. The minimum atomic E-state index is -0.588. The molecule has 0 aliphatic carbocycles. The number of anilines is 2. The zero-order chi connectivity index (χ0) is 16.4. The van der Waals surface area contributed by atoms with Gasteiger partial charge in [0.15, 0.2) is 5.13 Å². The van der Waals surface area contributed by atoms with Crippen LogP contribution in [-0.4, -0.2) is 11.0 Å². The Morgan fingerprint density at radius 2 is 2.09 bits per heavy atom. The van der Waals surface area contributed by atoms with Crippen LogP contribution in [0.4, 0.5) is 20.0 Å². The normalized spacial score (nSPS) is 10.3. The van der Waals surface area contributed by atoms with Gasteiger partial charge in [0.25, 0.3) is 0 Å². The number of carbonyl (C=O) groups excluding carboxylic acids is 1. The van der Waals surface area contributed by atoms with Crippen LogP contribution in [0.25, 0.3) is 10.2 Å². The second-order valence-electron chi connectivity index (χ2n) is 4.91. The number of hydrogen-bond acceptors (Lipinski definition) is 4. The van der Waals surface area contributed by atoms with E-state index in [0.29, 0.717) is 5.13 Å². The fourth-order valence-electron chi connectivity index (χ4n) is 2.07. The molecule has 0 saturated heterocycles. The van der Waals surface area contributed by atoms with E-state index in [9.17, 15) is 9.18 Å². The van der Waals surface area contributed by atoms with Gasteiger partial charge in [0, 0.05) is 5.69 Å². The number of nitrogens with zero attached hydrogens (tertiary/aromatic N) is 2. The quantitative estimate of drug-likeness (QED) is 0.738. The highest BCUT2D eigenvalue weighted by Gasteiger charge is 2.09. The monoisotopic (exact) mass is 326 g/mol. The van der Waals surface area contributed by atoms with Crippen LogP contribution < -0.4 is 10.6 Å². The van der Waals surface area contributed by atoms with Gasteiger partial charge in [-0.2, -0.15) is 5.26 Å². The summed E-state index contributed by atoms with van der Waals surface area (Å²) in [5, 5.41) is 14.3. The summed E-state index contributed by atoms with van der Waals surface area (Å²) in [6.45, 7) is 1.98. The lowest BCUT2D eigenvalue weighted by atomic mass is 10.2. The van der Waals surface area contributed by atoms with Crippen LogP contribution in [0, 0.1) is 24.1 Å². The number of urea groups is 1. The van der Waals surface area contributed by atoms with E-state index in [-0.39, 0.29) is 11.3 Å². The van der Waals surface area contributed by atoms with Crippen molar-refractivity contribution in [3.63, 3.8) is 0 Å². The molecule has 0 fully saturated rings. The molecule has 23 heavy (non-hydrogen) atoms. The molecule has 2 amide bonds. The van der Waals surface area contributed by atoms with Gasteiger partial charge >= 0.3 is 6.03 Å². The van der Waals surface area contributed by atoms with E-state index in [4.69, 9.17) is 5.26 Å². The molecule has 0 atom stereocenters. The fourth-order valence-corrected chi connectivity index (χ4v) is 3.03. The van der Waals surface area contributed by atoms with Crippen LogP contribution in [0.3, 0.4) is 0 Å². The van der Waals surface area contributed by atoms with Crippen molar-refractivity contribution >= 4 is 38.4 Å². The Kier molecular flexibility index (Phi) is 3.91. The summed E-state index contributed by atoms with van der Waals surface area (Å²) < 4.78 is 14.3. The summed E-state index contributed by atoms with van der Waals surface area (Å²) in [4.78, 5) is 16.3. The maximum atomic E-state index is 13.3. The number of halogens is 1. The number of aromatic nitrogens is 1. The number of nitrogens with one attached hydrogen (secondary N) is 2. The maximum Gasteiger partial charge on any atom is 0.325 e. The summed E-state index contributed by atoms with van der Waals surface area (Å²) >= 11 is 1.35. The molecule has 3 aromatic rings. The fraction of sp³-hybridized carbons (Fsp3) is 0.0625. The summed E-state index contributed by atoms with van der Waals surface area (Å²) in [6.07, 6.45) is 0. The van der Waals surface area contributed by atoms with E-state index in [1.807, 2.05) is 31.2 Å². The van der Waals surface area contributed by atoms with Crippen LogP contribution in [0.1, 0.15) is 11.1 Å². The Hall–Kier alpha value is -2.98. The van der Waals surface area contributed by atoms with E-state index < -0.39 is 11.8 Å². The highest BCUT2D eigenvalue weighted by Crippen LogP contribution is 2.26. The molecule has 7 heteroatoms. The van der Waals surface area contributed by atoms with Gasteiger partial charge in [-0.25, -0.2) is 14.2 Å². The summed E-state index contributed by atoms with van der Waals surface area (Å²) in [6, 6.07) is 10.7. The first kappa shape index (κ1) is 14.9. The first-order chi connectivity index (χ1) is 11.0. The van der Waals surface area contributed by atoms with Crippen molar-refractivity contribution in [1.82, 2.24) is 4.98 Å². The standard InChI is InChI=1S/C16H11FN4OS/c1-9-2-3-13-14(4-9)23-16(20-13)21-15(22)19-12-6-10(8-18)5-11(17)7-12/h2-7H,1H3,(H2,19,20,21,22). The van der Waals surface area contributed by atoms with Gasteiger partial charge in [0.1, 0.15) is 5.82 Å². The van der Waals surface area contributed by atoms with Crippen LogP contribution in [0.2, 0.25) is 0 Å². The highest BCUT2D eigenvalue weighted by molar-refractivity contribution is 7.22. The molecule has 2 aromatic carbocycles. The molecule has 1 aromatic heterocycles. The van der Waals surface area contributed by atoms with Crippen LogP contribution >= 0.6 is 11.3 Å². The molecular formula is C16H11FN4OS. The minimum Gasteiger partial charge on any atom is -0.308 e. The van der Waals surface area contributed by atoms with Crippen molar-refractivity contribution in [2.24, 2.45) is 0 Å². The average Bonchev–Trinajstić information content (AvgIpc) is 2.87. The maximum absolute atomic E-state index is 13.3. The zero-order valence-corrected chi connectivity index (χ0v) is 12.9. The molecule has 5 nitrogen and oxygen atoms in total. The SMILES string of the molecule is Cc1ccc2nc(NC(=O)Nc3cc(F)cc(C#N)c3)sc2c1. The van der Waals surface area contributed by atoms with Crippen molar-refractivity contribution in [2.75, 3.05) is 10.6 Å². The van der Waals surface area contributed by atoms with Gasteiger partial charge in [0.05, 0.1) is 21.8 Å². The Morgan fingerprint density at radius 3 is 2.87 bits per heavy atom. The molecule has 0 spiro atoms. The largest absolute Gasteiger partial charge is 0.325 e. The molecule has 0 aliphatic heterocycles. The smallest absolute Gasteiger partial charge is 0.308 e. The number of fused-ring (bicyclic) bond motifs is 1. The molecule has 1 heterocycles. The molecule has 2 N–H and O–H groups in total. The third kappa shape index (κ3) is 3.44. The first-order valence-electron chi connectivity index (χ1n) is 6.69. The van der Waals surface area contributed by atoms with E-state index in [1.165, 1.54) is 17.4 Å². The number of hydrogen-bond donors (Lipinski definition) is 2. The zero-order valence-electron chi connectivity index (χ0n) is 12.1. The van der Waals surface area contributed by atoms with Gasteiger partial charge in [-0.05, 0) is 42.8 Å². The minimum absolute atomic E-state index is 0.135. The molecule has 0 saturated carbocycles. The van der Waals surface area contributed by atoms with Gasteiger partial charge in [-0.3, -0.25) is 5.32 Å². The van der Waals surface area contributed by atoms with Crippen LogP contribution in [0.5, 0.6) is 0 Å². The average molecular weight is 326 g/mol. The summed E-state index contributed by atoms with van der Waals surface area (Å²) in [5.41, 5.74) is 2.25. The van der Waals surface area contributed by atoms with E-state index in [2.05, 4.69) is 15.6 Å². The van der Waals surface area contributed by atoms with Crippen LogP contribution in [0.15, 0.2) is 36.4 Å². The van der Waals surface area contributed by atoms with Crippen molar-refractivity contribution in [3.8, 4) is 6.07 Å². The lowest BCUT2D eigenvalue weighted by molar-refractivity contribution is 0.262. The molecule has 3 rings (SSSR count). The Morgan fingerprint density at radius 1 is 1.26 bits per heavy atom. The summed E-state index contributed by atoms with van der Waals surface area (Å²) in [7, 11) is 0. The number of nitriles is 1. The van der Waals surface area contributed by atoms with Crippen molar-refractivity contribution < 1.29 is 9.18 Å². The third-order valence-corrected chi connectivity index (χ3v) is 3.98. The Bertz CT molecular complexity index is 945. The molecule has 0 bridgehead atoms. The summed E-state index contributed by atoms with van der Waals surface area (Å²) in [5.74, 6) is -0.588. The number of thiazole rings is 1. The topological polar surface area (TPSA) is 77.8 Å². The van der Waals surface area contributed by atoms with Crippen molar-refractivity contribution in [2.45, 2.75) is 6.92 Å². The van der Waals surface area contributed by atoms with E-state index in [1.54, 1.807) is 0 Å². The predicted molar refractivity (Wildman–Crippen MR) is 88.1 cm³/mol. The van der Waals surface area contributed by atoms with Gasteiger partial charge in [-0.15, -0.1) is 0 Å². The van der Waals surface area contributed by atoms with Gasteiger partial charge in [-0.1, -0.05) is 17.4 Å². The number of aryl methyl sites for hydroxylation is 1. The van der Waals surface area contributed by atoms with Gasteiger partial charge < -0.3 is 5.32 Å². The number of amides is 2. The van der Waals surface area contributed by atoms with Gasteiger partial charge in [0.2, 0.25) is 0 Å². The van der Waals surface area contributed by atoms with Crippen molar-refractivity contribution in [3.05, 3.63) is 53.3 Å². The van der Waals surface area contributed by atoms with E-state index >= 15 is 0 Å². The molecule has 0 aliphatic rings. The Balaban J connectivity index is 1.76. The van der Waals surface area contributed by atoms with Crippen LogP contribution in [-0.2, 0) is 0 Å². The third-order valence-electron chi connectivity index (χ3n) is 3.05. The van der Waals surface area contributed by atoms with Crippen molar-refractivity contribution in [1.29, 1.82) is 5.26 Å². The number of carbonyl (C=O) groups is 1. The molecule has 114 valence electrons. The molecule has 0 radical (unpaired) electrons. The lowest BCUT2D eigenvalue weighted by Crippen LogP contribution is -2.19. The first-order valence-corrected chi connectivity index (χ1v) is 7.51. The van der Waals surface area contributed by atoms with E-state index in [0.717, 1.165) is 27.9 Å². The number of rotatable bonds is 2. The highest BCUT2D eigenvalue weighted by atomic mass is 32.1. The lowest BCUT2D eigenvalue weighted by Gasteiger charge is -2.05. The molecular weight excluding hydrogens is 315 g/mol. The molecule has 0 unspecified atom stereocenters. The second-order valence-corrected chi connectivity index (χ2v) is 5.94.